The number of esters is 1. The van der Waals surface area contributed by atoms with Crippen molar-refractivity contribution < 1.29 is 91.8 Å². The molecule has 0 aromatic heterocycles. The minimum absolute atomic E-state index is 0.0960. The van der Waals surface area contributed by atoms with Gasteiger partial charge in [0.15, 0.2) is 66.5 Å². The van der Waals surface area contributed by atoms with Crippen LogP contribution in [0, 0.1) is 0 Å². The normalized spacial score (nSPS) is 30.7. The molecule has 0 saturated carbocycles. The van der Waals surface area contributed by atoms with Crippen molar-refractivity contribution in [2.75, 3.05) is 6.61 Å². The van der Waals surface area contributed by atoms with Gasteiger partial charge >= 0.3 is 78.4 Å². The van der Waals surface area contributed by atoms with Gasteiger partial charge in [0.1, 0.15) is 0 Å². The lowest BCUT2D eigenvalue weighted by Gasteiger charge is -2.62. The van der Waals surface area contributed by atoms with Crippen molar-refractivity contribution >= 4 is 145 Å². The summed E-state index contributed by atoms with van der Waals surface area (Å²) in [7, 11) is -67.8. The zero-order chi connectivity index (χ0) is 66.1. The maximum Gasteiger partial charge on any atom is 0.651 e. The fourth-order valence-corrected chi connectivity index (χ4v) is 94.9. The molecule has 6 heterocycles. The van der Waals surface area contributed by atoms with E-state index in [0.29, 0.717) is 139 Å². The molecule has 0 aliphatic carbocycles. The highest BCUT2D eigenvalue weighted by Crippen LogP contribution is 2.56. The van der Waals surface area contributed by atoms with E-state index in [4.69, 9.17) is 87.0 Å². The molecule has 6 aliphatic rings. The van der Waals surface area contributed by atoms with E-state index in [2.05, 4.69) is 152 Å². The molecule has 0 N–H and O–H groups in total. The molecule has 6 saturated heterocycles. The van der Waals surface area contributed by atoms with Crippen molar-refractivity contribution in [3.63, 3.8) is 0 Å². The molecule has 22 nitrogen and oxygen atoms in total. The van der Waals surface area contributed by atoms with Gasteiger partial charge in [0, 0.05) is 6.08 Å². The average Bonchev–Trinajstić information content (AvgIpc) is 0.709. The van der Waals surface area contributed by atoms with E-state index in [9.17, 15) is 4.79 Å². The number of hydrogen-bond acceptors (Lipinski definition) is 22. The Balaban J connectivity index is 2.28. The van der Waals surface area contributed by atoms with Gasteiger partial charge in [-0.2, -0.15) is 0 Å². The Bertz CT molecular complexity index is 1960. The lowest BCUT2D eigenvalue weighted by Crippen LogP contribution is -2.93. The second-order valence-corrected chi connectivity index (χ2v) is 84.7. The molecular weight excluding hydrogens is 1400 g/mol. The van der Waals surface area contributed by atoms with E-state index >= 15 is 0 Å². The maximum absolute atomic E-state index is 12.5. The van der Waals surface area contributed by atoms with E-state index in [0.717, 1.165) is 6.08 Å². The van der Waals surface area contributed by atoms with Crippen LogP contribution >= 0.6 is 0 Å². The van der Waals surface area contributed by atoms with Crippen molar-refractivity contribution in [2.45, 2.75) is 298 Å². The fourth-order valence-electron chi connectivity index (χ4n) is 12.6. The molecule has 88 heavy (non-hydrogen) atoms. The van der Waals surface area contributed by atoms with Crippen LogP contribution in [0.5, 0.6) is 0 Å². The Hall–Kier alpha value is 1.88. The van der Waals surface area contributed by atoms with Gasteiger partial charge in [0.2, 0.25) is 0 Å². The third-order valence-electron chi connectivity index (χ3n) is 20.7. The molecule has 0 amide bonds. The van der Waals surface area contributed by atoms with E-state index in [1.165, 1.54) is 0 Å². The summed E-state index contributed by atoms with van der Waals surface area (Å²) in [6.07, 6.45) is 1.56. The van der Waals surface area contributed by atoms with Crippen LogP contribution in [0.2, 0.25) is 146 Å². The summed E-state index contributed by atoms with van der Waals surface area (Å²) < 4.78 is 168. The molecule has 0 aromatic rings. The van der Waals surface area contributed by atoms with Gasteiger partial charge in [0.05, 0.1) is 6.61 Å². The van der Waals surface area contributed by atoms with Crippen LogP contribution < -0.4 is 0 Å². The summed E-state index contributed by atoms with van der Waals surface area (Å²) in [6, 6.07) is 13.5. The Morgan fingerprint density at radius 1 is 0.295 bits per heavy atom. The van der Waals surface area contributed by atoms with E-state index < -0.39 is 145 Å². The number of carbonyl (C=O) groups is 1. The van der Waals surface area contributed by atoms with E-state index in [1.54, 1.807) is 0 Å². The Kier molecular flexibility index (Phi) is 29.1. The molecule has 6 aliphatic heterocycles. The summed E-state index contributed by atoms with van der Waals surface area (Å²) in [5, 5.41) is 0. The van der Waals surface area contributed by atoms with Crippen LogP contribution in [0.3, 0.4) is 0 Å². The third-order valence-corrected chi connectivity index (χ3v) is 95.6. The van der Waals surface area contributed by atoms with Gasteiger partial charge in [-0.15, -0.1) is 0 Å². The predicted octanol–water partition coefficient (Wildman–Crippen LogP) is 15.2. The topological polar surface area (TPSA) is 211 Å². The lowest BCUT2D eigenvalue weighted by atomic mass is 10.5. The molecule has 516 valence electrons. The number of carbonyl (C=O) groups excluding carboxylic acids is 1. The smallest absolute Gasteiger partial charge is 0.463 e. The summed E-state index contributed by atoms with van der Waals surface area (Å²) in [6.45, 7) is 52.7. The summed E-state index contributed by atoms with van der Waals surface area (Å²) >= 11 is 0. The Labute approximate surface area is 549 Å². The second kappa shape index (κ2) is 31.8. The molecule has 0 radical (unpaired) electrons. The second-order valence-electron chi connectivity index (χ2n) is 25.0. The van der Waals surface area contributed by atoms with Crippen molar-refractivity contribution in [3.05, 3.63) is 12.7 Å². The quantitative estimate of drug-likeness (QED) is 0.0241. The molecule has 0 unspecified atom stereocenters. The summed E-state index contributed by atoms with van der Waals surface area (Å²) in [5.74, 6) is -0.527. The minimum Gasteiger partial charge on any atom is -0.463 e. The van der Waals surface area contributed by atoms with E-state index in [1.807, 2.05) is 13.1 Å². The summed E-state index contributed by atoms with van der Waals surface area (Å²) in [5.41, 5.74) is 0. The standard InChI is InChI=1S/C50H120O22Si16/c1-25-50(51)52-48-47-49-73(23,24)53-81-61-82(54-74(26-2,27-3)28-4)64-85(57-77(35-11,36-12)37-13)66-83(62-81,55-75(29-5,30-6)31-7)68-87(59-79(41-17,42-18)43-19)69-84(63-81,56-76(32-8,33-9)34-10)67-86(65-82,58-78(38-14,39-15)40-16)71-88(70-85,72-87)60-80(44-20,45-21)46-22/h25H,1,26-49H2,2-24H3. The third kappa shape index (κ3) is 17.5. The van der Waals surface area contributed by atoms with Crippen LogP contribution in [0.15, 0.2) is 12.7 Å². The van der Waals surface area contributed by atoms with Crippen LogP contribution in [0.4, 0.5) is 0 Å². The Morgan fingerprint density at radius 2 is 0.443 bits per heavy atom. The van der Waals surface area contributed by atoms with Crippen LogP contribution in [0.25, 0.3) is 0 Å². The number of rotatable bonds is 42. The molecule has 0 atom stereocenters. The SMILES string of the molecule is C=CC(=O)OCCC[Si](C)(C)O[Si]12O[Si]3(O[Si](CC)(CC)CC)O[Si]4(O[Si](CC)(CC)CC)O[Si](O[Si](CC)(CC)CC)(O1)O[Si]1(O[Si](CC)(CC)CC)O[Si](O[Si](CC)(CC)CC)(O2)O[Si](O[Si](CC)(CC)CC)(O3)O[Si](O[Si](CC)(CC)CC)(O4)O1. The van der Waals surface area contributed by atoms with Crippen LogP contribution in [-0.4, -0.2) is 151 Å². The van der Waals surface area contributed by atoms with Gasteiger partial charge in [-0.1, -0.05) is 152 Å². The Morgan fingerprint density at radius 3 is 0.580 bits per heavy atom. The molecule has 38 heteroatoms. The molecule has 0 spiro atoms. The van der Waals surface area contributed by atoms with Crippen molar-refractivity contribution in [2.24, 2.45) is 0 Å². The van der Waals surface area contributed by atoms with Gasteiger partial charge in [-0.25, -0.2) is 4.79 Å². The van der Waals surface area contributed by atoms with Gasteiger partial charge in [-0.3, -0.25) is 0 Å². The molecule has 6 rings (SSSR count). The fraction of sp³-hybridized carbons (Fsp3) is 0.940. The van der Waals surface area contributed by atoms with Crippen LogP contribution in [-0.2, 0) is 91.8 Å². The zero-order valence-corrected chi connectivity index (χ0v) is 74.7. The van der Waals surface area contributed by atoms with Crippen molar-refractivity contribution in [3.8, 4) is 0 Å². The molecule has 0 aromatic carbocycles. The predicted molar refractivity (Wildman–Crippen MR) is 376 cm³/mol. The summed E-state index contributed by atoms with van der Waals surface area (Å²) in [4.78, 5) is 12.5. The maximum atomic E-state index is 12.5. The highest BCUT2D eigenvalue weighted by molar-refractivity contribution is 7.05. The minimum atomic E-state index is -5.41. The van der Waals surface area contributed by atoms with E-state index in [-0.39, 0.29) is 6.61 Å². The first-order valence-electron chi connectivity index (χ1n) is 34.2. The van der Waals surface area contributed by atoms with Crippen molar-refractivity contribution in [1.82, 2.24) is 0 Å². The number of ether oxygens (including phenoxy) is 1. The van der Waals surface area contributed by atoms with Gasteiger partial charge < -0.3 is 87.0 Å². The van der Waals surface area contributed by atoms with Crippen LogP contribution in [0.1, 0.15) is 152 Å². The zero-order valence-electron chi connectivity index (χ0n) is 58.7. The molecule has 8 bridgehead atoms. The first-order chi connectivity index (χ1) is 41.4. The largest absolute Gasteiger partial charge is 0.651 e. The first-order valence-corrected chi connectivity index (χ1v) is 68.1. The molecule has 6 fully saturated rings. The first kappa shape index (κ1) is 80.6. The average molecular weight is 1520 g/mol. The monoisotopic (exact) mass is 1520 g/mol. The van der Waals surface area contributed by atoms with Gasteiger partial charge in [0.25, 0.3) is 0 Å². The van der Waals surface area contributed by atoms with Gasteiger partial charge in [-0.05, 0) is 152 Å². The number of hydrogen-bond donors (Lipinski definition) is 0. The highest BCUT2D eigenvalue weighted by Gasteiger charge is 2.93. The highest BCUT2D eigenvalue weighted by atomic mass is 28.7. The molecular formula is C50H120O22Si16. The van der Waals surface area contributed by atoms with Crippen molar-refractivity contribution in [1.29, 1.82) is 0 Å². The lowest BCUT2D eigenvalue weighted by molar-refractivity contribution is -0.138.